The Kier molecular flexibility index (Phi) is 12.7. The molecule has 0 radical (unpaired) electrons. The van der Waals surface area contributed by atoms with E-state index in [9.17, 15) is 18.0 Å². The highest BCUT2D eigenvalue weighted by Gasteiger charge is 2.19. The van der Waals surface area contributed by atoms with Crippen molar-refractivity contribution >= 4 is 21.8 Å². The number of carboxylic acid groups (broad SMARTS) is 2. The molecular formula is C27H40NO6S+. The van der Waals surface area contributed by atoms with Crippen LogP contribution in [0.5, 0.6) is 0 Å². The van der Waals surface area contributed by atoms with Crippen LogP contribution in [0.15, 0.2) is 58.3 Å². The monoisotopic (exact) mass is 506 g/mol. The first kappa shape index (κ1) is 30.3. The predicted molar refractivity (Wildman–Crippen MR) is 138 cm³/mol. The maximum atomic E-state index is 12.3. The fourth-order valence-corrected chi connectivity index (χ4v) is 4.91. The highest BCUT2D eigenvalue weighted by Crippen LogP contribution is 2.21. The van der Waals surface area contributed by atoms with Gasteiger partial charge in [0, 0.05) is 0 Å². The molecule has 0 amide bonds. The number of hydrogen-bond donors (Lipinski definition) is 2. The summed E-state index contributed by atoms with van der Waals surface area (Å²) in [6.07, 6.45) is 8.20. The van der Waals surface area contributed by atoms with Crippen LogP contribution in [0.25, 0.3) is 0 Å². The third-order valence-corrected chi connectivity index (χ3v) is 7.76. The molecule has 2 N–H and O–H groups in total. The number of unbranched alkanes of at least 4 members (excludes halogenated alkanes) is 3. The number of rotatable bonds is 13. The Morgan fingerprint density at radius 1 is 0.657 bits per heavy atom. The van der Waals surface area contributed by atoms with Gasteiger partial charge >= 0.3 is 11.9 Å². The number of quaternary nitrogens is 1. The molecule has 0 aliphatic rings. The van der Waals surface area contributed by atoms with E-state index in [0.29, 0.717) is 0 Å². The van der Waals surface area contributed by atoms with Gasteiger partial charge in [0.05, 0.1) is 47.6 Å². The van der Waals surface area contributed by atoms with E-state index in [1.54, 1.807) is 0 Å². The Balaban J connectivity index is 0.000000383. The average Bonchev–Trinajstić information content (AvgIpc) is 2.85. The van der Waals surface area contributed by atoms with Crippen LogP contribution >= 0.6 is 0 Å². The smallest absolute Gasteiger partial charge is 0.335 e. The summed E-state index contributed by atoms with van der Waals surface area (Å²) in [7, 11) is -1.36. The second-order valence-corrected chi connectivity index (χ2v) is 11.0. The quantitative estimate of drug-likeness (QED) is 0.335. The number of carboxylic acids is 2. The van der Waals surface area contributed by atoms with E-state index in [1.807, 2.05) is 0 Å². The van der Waals surface area contributed by atoms with E-state index in [-0.39, 0.29) is 20.9 Å². The van der Waals surface area contributed by atoms with E-state index in [0.717, 1.165) is 0 Å². The van der Waals surface area contributed by atoms with Crippen LogP contribution in [-0.2, 0) is 9.84 Å². The van der Waals surface area contributed by atoms with Crippen molar-refractivity contribution in [3.63, 3.8) is 0 Å². The molecule has 35 heavy (non-hydrogen) atoms. The van der Waals surface area contributed by atoms with E-state index < -0.39 is 21.8 Å². The molecule has 0 fully saturated rings. The van der Waals surface area contributed by atoms with Gasteiger partial charge in [0.25, 0.3) is 0 Å². The van der Waals surface area contributed by atoms with Crippen LogP contribution in [0.3, 0.4) is 0 Å². The van der Waals surface area contributed by atoms with Crippen molar-refractivity contribution in [2.45, 2.75) is 69.1 Å². The molecule has 0 aliphatic heterocycles. The van der Waals surface area contributed by atoms with Crippen molar-refractivity contribution in [1.29, 1.82) is 0 Å². The third kappa shape index (κ3) is 9.82. The predicted octanol–water partition coefficient (Wildman–Crippen LogP) is 5.75. The number of benzene rings is 2. The zero-order chi connectivity index (χ0) is 26.5. The summed E-state index contributed by atoms with van der Waals surface area (Å²) < 4.78 is 25.9. The topological polar surface area (TPSA) is 109 Å². The van der Waals surface area contributed by atoms with Gasteiger partial charge in [-0.05, 0) is 67.8 Å². The maximum absolute atomic E-state index is 12.3. The van der Waals surface area contributed by atoms with Gasteiger partial charge in [-0.2, -0.15) is 0 Å². The number of nitrogens with zero attached hydrogens (tertiary/aromatic N) is 1. The Labute approximate surface area is 209 Å². The van der Waals surface area contributed by atoms with Crippen molar-refractivity contribution in [3.8, 4) is 0 Å². The molecule has 0 atom stereocenters. The molecule has 0 saturated carbocycles. The summed E-state index contributed by atoms with van der Waals surface area (Å²) in [4.78, 5) is 21.3. The first-order valence-corrected chi connectivity index (χ1v) is 13.7. The summed E-state index contributed by atoms with van der Waals surface area (Å²) in [6, 6.07) is 9.57. The standard InChI is InChI=1S/C14H10O6S.C13H30N/c15-13(16)9-1-5-11(6-2-9)21(19,20)12-7-3-10(4-8-12)14(17)18;1-5-8-11-14(4,12-9-6-2)13-10-7-3/h1-8H,(H,15,16)(H,17,18);5-13H2,1-4H3/q;+1. The Bertz CT molecular complexity index is 945. The van der Waals surface area contributed by atoms with Gasteiger partial charge in [0.15, 0.2) is 0 Å². The first-order chi connectivity index (χ1) is 16.5. The summed E-state index contributed by atoms with van der Waals surface area (Å²) in [5.41, 5.74) is -0.0367. The molecule has 2 aromatic carbocycles. The van der Waals surface area contributed by atoms with Gasteiger partial charge in [-0.25, -0.2) is 18.0 Å². The fourth-order valence-electron chi connectivity index (χ4n) is 3.64. The SMILES string of the molecule is CCCC[N+](C)(CCCC)CCCC.O=C(O)c1ccc(S(=O)(=O)c2ccc(C(=O)O)cc2)cc1. The Morgan fingerprint density at radius 3 is 1.17 bits per heavy atom. The molecule has 0 aromatic heterocycles. The lowest BCUT2D eigenvalue weighted by molar-refractivity contribution is -0.910. The van der Waals surface area contributed by atoms with E-state index in [2.05, 4.69) is 27.8 Å². The van der Waals surface area contributed by atoms with Gasteiger partial charge < -0.3 is 14.7 Å². The van der Waals surface area contributed by atoms with Gasteiger partial charge in [-0.1, -0.05) is 40.0 Å². The largest absolute Gasteiger partial charge is 0.478 e. The second-order valence-electron chi connectivity index (χ2n) is 9.01. The Hall–Kier alpha value is -2.71. The molecule has 2 rings (SSSR count). The number of aromatic carboxylic acids is 2. The van der Waals surface area contributed by atoms with Crippen LogP contribution in [0.2, 0.25) is 0 Å². The van der Waals surface area contributed by atoms with Crippen molar-refractivity contribution in [2.24, 2.45) is 0 Å². The van der Waals surface area contributed by atoms with Crippen LogP contribution in [0, 0.1) is 0 Å². The molecular weight excluding hydrogens is 466 g/mol. The fraction of sp³-hybridized carbons (Fsp3) is 0.481. The highest BCUT2D eigenvalue weighted by atomic mass is 32.2. The average molecular weight is 507 g/mol. The molecule has 194 valence electrons. The van der Waals surface area contributed by atoms with E-state index in [1.165, 1.54) is 111 Å². The molecule has 0 aliphatic carbocycles. The minimum absolute atomic E-state index is 0.0184. The minimum Gasteiger partial charge on any atom is -0.478 e. The summed E-state index contributed by atoms with van der Waals surface area (Å²) >= 11 is 0. The zero-order valence-electron chi connectivity index (χ0n) is 21.4. The summed E-state index contributed by atoms with van der Waals surface area (Å²) in [6.45, 7) is 11.0. The molecule has 0 unspecified atom stereocenters. The van der Waals surface area contributed by atoms with Crippen LogP contribution < -0.4 is 0 Å². The number of sulfone groups is 1. The lowest BCUT2D eigenvalue weighted by atomic mass is 10.2. The Morgan fingerprint density at radius 2 is 0.943 bits per heavy atom. The van der Waals surface area contributed by atoms with Gasteiger partial charge in [-0.3, -0.25) is 0 Å². The lowest BCUT2D eigenvalue weighted by Crippen LogP contribution is -2.46. The molecule has 0 bridgehead atoms. The molecule has 2 aromatic rings. The second kappa shape index (κ2) is 14.6. The number of carbonyl (C=O) groups is 2. The molecule has 0 spiro atoms. The lowest BCUT2D eigenvalue weighted by Gasteiger charge is -2.34. The normalized spacial score (nSPS) is 11.4. The summed E-state index contributed by atoms with van der Waals surface area (Å²) in [5.74, 6) is -2.30. The highest BCUT2D eigenvalue weighted by molar-refractivity contribution is 7.91. The van der Waals surface area contributed by atoms with E-state index >= 15 is 0 Å². The number of hydrogen-bond acceptors (Lipinski definition) is 4. The van der Waals surface area contributed by atoms with Crippen molar-refractivity contribution < 1.29 is 32.7 Å². The van der Waals surface area contributed by atoms with Crippen molar-refractivity contribution in [2.75, 3.05) is 26.7 Å². The van der Waals surface area contributed by atoms with Crippen LogP contribution in [-0.4, -0.2) is 61.7 Å². The van der Waals surface area contributed by atoms with Gasteiger partial charge in [0.2, 0.25) is 9.84 Å². The van der Waals surface area contributed by atoms with Crippen LogP contribution in [0.1, 0.15) is 80.0 Å². The van der Waals surface area contributed by atoms with Crippen LogP contribution in [0.4, 0.5) is 0 Å². The molecule has 0 heterocycles. The van der Waals surface area contributed by atoms with Gasteiger partial charge in [-0.15, -0.1) is 0 Å². The van der Waals surface area contributed by atoms with E-state index in [4.69, 9.17) is 10.2 Å². The molecule has 0 saturated heterocycles. The molecule has 7 nitrogen and oxygen atoms in total. The van der Waals surface area contributed by atoms with Crippen molar-refractivity contribution in [3.05, 3.63) is 59.7 Å². The minimum atomic E-state index is -3.81. The third-order valence-electron chi connectivity index (χ3n) is 5.98. The summed E-state index contributed by atoms with van der Waals surface area (Å²) in [5, 5.41) is 17.5. The first-order valence-electron chi connectivity index (χ1n) is 12.3. The zero-order valence-corrected chi connectivity index (χ0v) is 22.2. The van der Waals surface area contributed by atoms with Gasteiger partial charge in [0.1, 0.15) is 0 Å². The maximum Gasteiger partial charge on any atom is 0.335 e. The van der Waals surface area contributed by atoms with Crippen molar-refractivity contribution in [1.82, 2.24) is 0 Å². The molecule has 8 heteroatoms.